The lowest BCUT2D eigenvalue weighted by Gasteiger charge is -2.12. The summed E-state index contributed by atoms with van der Waals surface area (Å²) in [6, 6.07) is 22.4. The molecule has 0 bridgehead atoms. The van der Waals surface area contributed by atoms with Gasteiger partial charge in [-0.05, 0) is 35.9 Å². The Morgan fingerprint density at radius 2 is 1.56 bits per heavy atom. The molecule has 5 nitrogen and oxygen atoms in total. The highest BCUT2D eigenvalue weighted by molar-refractivity contribution is 6.31. The van der Waals surface area contributed by atoms with Gasteiger partial charge in [0.2, 0.25) is 0 Å². The molecule has 3 rings (SSSR count). The Bertz CT molecular complexity index is 929. The van der Waals surface area contributed by atoms with Crippen molar-refractivity contribution in [3.63, 3.8) is 0 Å². The van der Waals surface area contributed by atoms with Crippen molar-refractivity contribution < 1.29 is 19.1 Å². The van der Waals surface area contributed by atoms with Crippen LogP contribution in [0.3, 0.4) is 0 Å². The first-order valence-corrected chi connectivity index (χ1v) is 8.54. The van der Waals surface area contributed by atoms with Crippen molar-refractivity contribution in [1.29, 1.82) is 0 Å². The van der Waals surface area contributed by atoms with E-state index in [-0.39, 0.29) is 17.9 Å². The third kappa shape index (κ3) is 5.33. The van der Waals surface area contributed by atoms with Crippen molar-refractivity contribution in [3.05, 3.63) is 95.0 Å². The monoisotopic (exact) mass is 381 g/mol. The number of carbonyl (C=O) groups is 2. The average Bonchev–Trinajstić information content (AvgIpc) is 2.68. The predicted molar refractivity (Wildman–Crippen MR) is 103 cm³/mol. The Morgan fingerprint density at radius 3 is 2.26 bits per heavy atom. The number of para-hydroxylation sites is 1. The van der Waals surface area contributed by atoms with E-state index in [1.54, 1.807) is 30.3 Å². The van der Waals surface area contributed by atoms with E-state index in [9.17, 15) is 9.59 Å². The first-order valence-electron chi connectivity index (χ1n) is 8.16. The molecule has 1 amide bonds. The Balaban J connectivity index is 1.70. The number of anilines is 1. The summed E-state index contributed by atoms with van der Waals surface area (Å²) in [4.78, 5) is 24.6. The molecule has 136 valence electrons. The Hall–Kier alpha value is -3.31. The van der Waals surface area contributed by atoms with Gasteiger partial charge in [-0.15, -0.1) is 0 Å². The number of nitrogens with one attached hydrogen (secondary N) is 1. The third-order valence-electron chi connectivity index (χ3n) is 3.60. The summed E-state index contributed by atoms with van der Waals surface area (Å²) in [5.41, 5.74) is 1.25. The minimum atomic E-state index is -0.736. The number of hydrogen-bond acceptors (Lipinski definition) is 4. The average molecular weight is 382 g/mol. The van der Waals surface area contributed by atoms with Gasteiger partial charge in [0.25, 0.3) is 0 Å². The molecule has 0 unspecified atom stereocenters. The topological polar surface area (TPSA) is 64.6 Å². The summed E-state index contributed by atoms with van der Waals surface area (Å²) < 4.78 is 10.5. The van der Waals surface area contributed by atoms with Crippen molar-refractivity contribution in [3.8, 4) is 5.75 Å². The van der Waals surface area contributed by atoms with Gasteiger partial charge in [0.1, 0.15) is 12.4 Å². The van der Waals surface area contributed by atoms with Crippen LogP contribution in [-0.2, 0) is 11.3 Å². The molecule has 0 spiro atoms. The molecule has 3 aromatic carbocycles. The first kappa shape index (κ1) is 18.5. The maximum atomic E-state index is 12.4. The molecule has 0 saturated heterocycles. The molecule has 0 atom stereocenters. The summed E-state index contributed by atoms with van der Waals surface area (Å²) in [6.45, 7) is 0.121. The van der Waals surface area contributed by atoms with Gasteiger partial charge in [-0.2, -0.15) is 0 Å². The standard InChI is InChI=1S/C21H16ClNO4/c22-16-11-12-18(20(24)26-14-15-7-3-1-4-8-15)19(13-16)23-21(25)27-17-9-5-2-6-10-17/h1-13H,14H2,(H,23,25). The van der Waals surface area contributed by atoms with Crippen molar-refractivity contribution in [2.75, 3.05) is 5.32 Å². The number of halogens is 1. The molecule has 0 radical (unpaired) electrons. The zero-order valence-corrected chi connectivity index (χ0v) is 15.0. The molecule has 0 aliphatic rings. The molecular formula is C21H16ClNO4. The van der Waals surface area contributed by atoms with Crippen molar-refractivity contribution in [2.24, 2.45) is 0 Å². The fraction of sp³-hybridized carbons (Fsp3) is 0.0476. The zero-order chi connectivity index (χ0) is 19.1. The second-order valence-corrected chi connectivity index (χ2v) is 6.02. The first-order chi connectivity index (χ1) is 13.1. The smallest absolute Gasteiger partial charge is 0.417 e. The van der Waals surface area contributed by atoms with E-state index < -0.39 is 12.1 Å². The second-order valence-electron chi connectivity index (χ2n) is 5.58. The van der Waals surface area contributed by atoms with Gasteiger partial charge >= 0.3 is 12.1 Å². The van der Waals surface area contributed by atoms with Crippen LogP contribution in [-0.4, -0.2) is 12.1 Å². The van der Waals surface area contributed by atoms with Crippen LogP contribution in [0.1, 0.15) is 15.9 Å². The third-order valence-corrected chi connectivity index (χ3v) is 3.84. The van der Waals surface area contributed by atoms with Crippen LogP contribution in [0.4, 0.5) is 10.5 Å². The molecule has 0 saturated carbocycles. The van der Waals surface area contributed by atoms with Crippen LogP contribution in [0, 0.1) is 0 Å². The minimum Gasteiger partial charge on any atom is -0.457 e. The lowest BCUT2D eigenvalue weighted by atomic mass is 10.2. The summed E-state index contributed by atoms with van der Waals surface area (Å²) in [7, 11) is 0. The second kappa shape index (κ2) is 8.87. The highest BCUT2D eigenvalue weighted by Crippen LogP contribution is 2.23. The predicted octanol–water partition coefficient (Wildman–Crippen LogP) is 5.31. The molecule has 3 aromatic rings. The van der Waals surface area contributed by atoms with Gasteiger partial charge in [-0.3, -0.25) is 5.32 Å². The van der Waals surface area contributed by atoms with E-state index in [0.717, 1.165) is 5.56 Å². The zero-order valence-electron chi connectivity index (χ0n) is 14.2. The van der Waals surface area contributed by atoms with Crippen LogP contribution < -0.4 is 10.1 Å². The van der Waals surface area contributed by atoms with Gasteiger partial charge in [0.15, 0.2) is 0 Å². The largest absolute Gasteiger partial charge is 0.457 e. The van der Waals surface area contributed by atoms with E-state index in [2.05, 4.69) is 5.32 Å². The summed E-state index contributed by atoms with van der Waals surface area (Å²) >= 11 is 5.99. The molecule has 27 heavy (non-hydrogen) atoms. The van der Waals surface area contributed by atoms with Gasteiger partial charge < -0.3 is 9.47 Å². The molecule has 0 aromatic heterocycles. The van der Waals surface area contributed by atoms with E-state index in [4.69, 9.17) is 21.1 Å². The molecule has 0 fully saturated rings. The van der Waals surface area contributed by atoms with Gasteiger partial charge in [0, 0.05) is 5.02 Å². The lowest BCUT2D eigenvalue weighted by Crippen LogP contribution is -2.19. The lowest BCUT2D eigenvalue weighted by molar-refractivity contribution is 0.0474. The van der Waals surface area contributed by atoms with Gasteiger partial charge in [-0.25, -0.2) is 9.59 Å². The van der Waals surface area contributed by atoms with E-state index >= 15 is 0 Å². The Labute approximate surface area is 161 Å². The fourth-order valence-electron chi connectivity index (χ4n) is 2.33. The van der Waals surface area contributed by atoms with Crippen molar-refractivity contribution in [1.82, 2.24) is 0 Å². The highest BCUT2D eigenvalue weighted by atomic mass is 35.5. The number of amides is 1. The highest BCUT2D eigenvalue weighted by Gasteiger charge is 2.16. The van der Waals surface area contributed by atoms with E-state index in [1.807, 2.05) is 36.4 Å². The van der Waals surface area contributed by atoms with E-state index in [0.29, 0.717) is 10.8 Å². The Kier molecular flexibility index (Phi) is 6.07. The molecule has 1 N–H and O–H groups in total. The van der Waals surface area contributed by atoms with Crippen molar-refractivity contribution in [2.45, 2.75) is 6.61 Å². The van der Waals surface area contributed by atoms with Crippen LogP contribution in [0.5, 0.6) is 5.75 Å². The number of hydrogen-bond donors (Lipinski definition) is 1. The summed E-state index contributed by atoms with van der Waals surface area (Å²) in [5.74, 6) is -0.198. The van der Waals surface area contributed by atoms with Crippen LogP contribution in [0.25, 0.3) is 0 Å². The van der Waals surface area contributed by atoms with Gasteiger partial charge in [0.05, 0.1) is 11.3 Å². The van der Waals surface area contributed by atoms with Crippen LogP contribution in [0.2, 0.25) is 5.02 Å². The molecule has 0 aliphatic heterocycles. The van der Waals surface area contributed by atoms with E-state index in [1.165, 1.54) is 12.1 Å². The number of benzene rings is 3. The number of rotatable bonds is 5. The maximum Gasteiger partial charge on any atom is 0.417 e. The Morgan fingerprint density at radius 1 is 0.889 bits per heavy atom. The number of esters is 1. The van der Waals surface area contributed by atoms with Crippen molar-refractivity contribution >= 4 is 29.4 Å². The SMILES string of the molecule is O=C(Nc1cc(Cl)ccc1C(=O)OCc1ccccc1)Oc1ccccc1. The summed E-state index contributed by atoms with van der Waals surface area (Å²) in [6.07, 6.45) is -0.736. The minimum absolute atomic E-state index is 0.121. The number of carbonyl (C=O) groups excluding carboxylic acids is 2. The fourth-order valence-corrected chi connectivity index (χ4v) is 2.50. The van der Waals surface area contributed by atoms with Crippen LogP contribution in [0.15, 0.2) is 78.9 Å². The quantitative estimate of drug-likeness (QED) is 0.608. The number of ether oxygens (including phenoxy) is 2. The van der Waals surface area contributed by atoms with Crippen LogP contribution >= 0.6 is 11.6 Å². The molecule has 6 heteroatoms. The maximum absolute atomic E-state index is 12.4. The summed E-state index contributed by atoms with van der Waals surface area (Å²) in [5, 5.41) is 2.90. The molecule has 0 heterocycles. The molecular weight excluding hydrogens is 366 g/mol. The molecule has 0 aliphatic carbocycles. The van der Waals surface area contributed by atoms with Gasteiger partial charge in [-0.1, -0.05) is 60.1 Å². The normalized spacial score (nSPS) is 10.1.